The van der Waals surface area contributed by atoms with Gasteiger partial charge in [0.05, 0.1) is 5.69 Å². The summed E-state index contributed by atoms with van der Waals surface area (Å²) in [6, 6.07) is 19.5. The van der Waals surface area contributed by atoms with Crippen LogP contribution in [0.15, 0.2) is 66.9 Å². The summed E-state index contributed by atoms with van der Waals surface area (Å²) >= 11 is 0. The molecule has 0 saturated heterocycles. The van der Waals surface area contributed by atoms with Crippen molar-refractivity contribution in [3.05, 3.63) is 89.4 Å². The molecule has 2 aromatic heterocycles. The Labute approximate surface area is 163 Å². The van der Waals surface area contributed by atoms with Crippen LogP contribution in [0.25, 0.3) is 10.8 Å². The van der Waals surface area contributed by atoms with E-state index in [4.69, 9.17) is 0 Å². The van der Waals surface area contributed by atoms with Gasteiger partial charge in [-0.3, -0.25) is 9.78 Å². The highest BCUT2D eigenvalue weighted by Crippen LogP contribution is 2.27. The summed E-state index contributed by atoms with van der Waals surface area (Å²) in [5.74, 6) is 0.702. The predicted octanol–water partition coefficient (Wildman–Crippen LogP) is 4.87. The lowest BCUT2D eigenvalue weighted by Gasteiger charge is -2.12. The van der Waals surface area contributed by atoms with Crippen molar-refractivity contribution in [2.24, 2.45) is 0 Å². The van der Waals surface area contributed by atoms with E-state index in [1.165, 1.54) is 0 Å². The largest absolute Gasteiger partial charge is 0.338 e. The molecule has 0 spiro atoms. The van der Waals surface area contributed by atoms with E-state index in [1.54, 1.807) is 13.0 Å². The molecule has 0 bridgehead atoms. The molecule has 2 aromatic carbocycles. The molecule has 138 valence electrons. The van der Waals surface area contributed by atoms with Gasteiger partial charge in [0, 0.05) is 40.3 Å². The Morgan fingerprint density at radius 1 is 0.964 bits per heavy atom. The van der Waals surface area contributed by atoms with Crippen molar-refractivity contribution in [3.63, 3.8) is 0 Å². The van der Waals surface area contributed by atoms with Crippen LogP contribution >= 0.6 is 0 Å². The molecule has 0 fully saturated rings. The lowest BCUT2D eigenvalue weighted by atomic mass is 10.0. The van der Waals surface area contributed by atoms with Gasteiger partial charge in [0.2, 0.25) is 0 Å². The standard InChI is InChI=1S/C23H20N4O/c1-15-12-17(10-11-24-15)13-22-20-8-3-4-9-21(20)23(27-26-22)25-19-7-5-6-18(14-19)16(2)28/h3-12,14H,13H2,1-2H3,(H,25,27). The van der Waals surface area contributed by atoms with Gasteiger partial charge in [-0.05, 0) is 43.7 Å². The highest BCUT2D eigenvalue weighted by Gasteiger charge is 2.11. The van der Waals surface area contributed by atoms with Gasteiger partial charge in [0.25, 0.3) is 0 Å². The lowest BCUT2D eigenvalue weighted by Crippen LogP contribution is -2.03. The summed E-state index contributed by atoms with van der Waals surface area (Å²) in [6.07, 6.45) is 2.51. The van der Waals surface area contributed by atoms with E-state index in [-0.39, 0.29) is 5.78 Å². The molecule has 1 N–H and O–H groups in total. The van der Waals surface area contributed by atoms with E-state index in [0.29, 0.717) is 17.8 Å². The third-order valence-corrected chi connectivity index (χ3v) is 4.63. The first-order chi connectivity index (χ1) is 13.6. The molecule has 0 atom stereocenters. The molecule has 5 heteroatoms. The molecule has 4 aromatic rings. The number of benzene rings is 2. The van der Waals surface area contributed by atoms with Crippen LogP contribution in [0.1, 0.15) is 34.2 Å². The fourth-order valence-corrected chi connectivity index (χ4v) is 3.24. The van der Waals surface area contributed by atoms with Crippen molar-refractivity contribution < 1.29 is 4.79 Å². The summed E-state index contributed by atoms with van der Waals surface area (Å²) in [6.45, 7) is 3.54. The van der Waals surface area contributed by atoms with Crippen LogP contribution in [-0.4, -0.2) is 21.0 Å². The molecule has 0 aliphatic rings. The normalized spacial score (nSPS) is 10.8. The number of aryl methyl sites for hydroxylation is 1. The number of carbonyl (C=O) groups excluding carboxylic acids is 1. The number of nitrogens with one attached hydrogen (secondary N) is 1. The topological polar surface area (TPSA) is 67.8 Å². The van der Waals surface area contributed by atoms with E-state index in [0.717, 1.165) is 33.4 Å². The molecular weight excluding hydrogens is 348 g/mol. The lowest BCUT2D eigenvalue weighted by molar-refractivity contribution is 0.101. The minimum Gasteiger partial charge on any atom is -0.338 e. The molecular formula is C23H20N4O. The van der Waals surface area contributed by atoms with E-state index >= 15 is 0 Å². The number of rotatable bonds is 5. The number of anilines is 2. The molecule has 0 aliphatic carbocycles. The Balaban J connectivity index is 1.71. The fraction of sp³-hybridized carbons (Fsp3) is 0.130. The first kappa shape index (κ1) is 17.8. The number of hydrogen-bond acceptors (Lipinski definition) is 5. The summed E-state index contributed by atoms with van der Waals surface area (Å²) in [4.78, 5) is 15.9. The van der Waals surface area contributed by atoms with Crippen molar-refractivity contribution in [3.8, 4) is 0 Å². The maximum Gasteiger partial charge on any atom is 0.160 e. The first-order valence-electron chi connectivity index (χ1n) is 9.14. The Morgan fingerprint density at radius 3 is 2.57 bits per heavy atom. The predicted molar refractivity (Wildman–Crippen MR) is 111 cm³/mol. The molecule has 0 aliphatic heterocycles. The third-order valence-electron chi connectivity index (χ3n) is 4.63. The zero-order valence-electron chi connectivity index (χ0n) is 15.8. The van der Waals surface area contributed by atoms with Crippen LogP contribution in [-0.2, 0) is 6.42 Å². The van der Waals surface area contributed by atoms with Gasteiger partial charge in [0.1, 0.15) is 0 Å². The second-order valence-corrected chi connectivity index (χ2v) is 6.79. The molecule has 4 rings (SSSR count). The zero-order chi connectivity index (χ0) is 19.5. The van der Waals surface area contributed by atoms with Gasteiger partial charge in [-0.1, -0.05) is 36.4 Å². The molecule has 0 saturated carbocycles. The first-order valence-corrected chi connectivity index (χ1v) is 9.14. The monoisotopic (exact) mass is 368 g/mol. The Morgan fingerprint density at radius 2 is 1.79 bits per heavy atom. The average molecular weight is 368 g/mol. The Bertz CT molecular complexity index is 1170. The number of hydrogen-bond donors (Lipinski definition) is 1. The van der Waals surface area contributed by atoms with Gasteiger partial charge < -0.3 is 5.32 Å². The van der Waals surface area contributed by atoms with Crippen LogP contribution in [0, 0.1) is 6.92 Å². The molecule has 2 heterocycles. The Hall–Kier alpha value is -3.60. The second kappa shape index (κ2) is 7.56. The molecule has 0 amide bonds. The smallest absolute Gasteiger partial charge is 0.160 e. The average Bonchev–Trinajstić information content (AvgIpc) is 2.70. The van der Waals surface area contributed by atoms with Crippen LogP contribution in [0.4, 0.5) is 11.5 Å². The quantitative estimate of drug-likeness (QED) is 0.509. The summed E-state index contributed by atoms with van der Waals surface area (Å²) in [5, 5.41) is 14.3. The zero-order valence-corrected chi connectivity index (χ0v) is 15.8. The number of nitrogens with zero attached hydrogens (tertiary/aromatic N) is 3. The van der Waals surface area contributed by atoms with Crippen LogP contribution < -0.4 is 5.32 Å². The van der Waals surface area contributed by atoms with Crippen LogP contribution in [0.2, 0.25) is 0 Å². The maximum absolute atomic E-state index is 11.6. The maximum atomic E-state index is 11.6. The van der Waals surface area contributed by atoms with Gasteiger partial charge in [0.15, 0.2) is 11.6 Å². The molecule has 0 radical (unpaired) electrons. The third kappa shape index (κ3) is 3.74. The molecule has 0 unspecified atom stereocenters. The van der Waals surface area contributed by atoms with Crippen LogP contribution in [0.5, 0.6) is 0 Å². The Kier molecular flexibility index (Phi) is 4.81. The minimum atomic E-state index is 0.0302. The SMILES string of the molecule is CC(=O)c1cccc(Nc2nnc(Cc3ccnc(C)c3)c3ccccc23)c1. The fourth-order valence-electron chi connectivity index (χ4n) is 3.24. The summed E-state index contributed by atoms with van der Waals surface area (Å²) < 4.78 is 0. The van der Waals surface area contributed by atoms with Crippen molar-refractivity contribution in [1.82, 2.24) is 15.2 Å². The van der Waals surface area contributed by atoms with Gasteiger partial charge in [-0.25, -0.2) is 0 Å². The highest BCUT2D eigenvalue weighted by atomic mass is 16.1. The summed E-state index contributed by atoms with van der Waals surface area (Å²) in [5.41, 5.74) is 4.53. The van der Waals surface area contributed by atoms with E-state index < -0.39 is 0 Å². The van der Waals surface area contributed by atoms with Crippen molar-refractivity contribution in [1.29, 1.82) is 0 Å². The minimum absolute atomic E-state index is 0.0302. The number of Topliss-reactive ketones (excluding diaryl/α,β-unsaturated/α-hetero) is 1. The van der Waals surface area contributed by atoms with Crippen LogP contribution in [0.3, 0.4) is 0 Å². The molecule has 5 nitrogen and oxygen atoms in total. The van der Waals surface area contributed by atoms with E-state index in [2.05, 4.69) is 32.6 Å². The van der Waals surface area contributed by atoms with E-state index in [1.807, 2.05) is 55.6 Å². The highest BCUT2D eigenvalue weighted by molar-refractivity contribution is 5.97. The molecule has 28 heavy (non-hydrogen) atoms. The number of pyridine rings is 1. The summed E-state index contributed by atoms with van der Waals surface area (Å²) in [7, 11) is 0. The number of ketones is 1. The van der Waals surface area contributed by atoms with Gasteiger partial charge >= 0.3 is 0 Å². The van der Waals surface area contributed by atoms with Crippen molar-refractivity contribution in [2.75, 3.05) is 5.32 Å². The van der Waals surface area contributed by atoms with Crippen molar-refractivity contribution >= 4 is 28.1 Å². The number of carbonyl (C=O) groups is 1. The van der Waals surface area contributed by atoms with E-state index in [9.17, 15) is 4.79 Å². The van der Waals surface area contributed by atoms with Gasteiger partial charge in [-0.2, -0.15) is 5.10 Å². The number of aromatic nitrogens is 3. The number of fused-ring (bicyclic) bond motifs is 1. The second-order valence-electron chi connectivity index (χ2n) is 6.79. The van der Waals surface area contributed by atoms with Crippen molar-refractivity contribution in [2.45, 2.75) is 20.3 Å². The van der Waals surface area contributed by atoms with Gasteiger partial charge in [-0.15, -0.1) is 5.10 Å².